The molecular weight excluding hydrogens is 360 g/mol. The highest BCUT2D eigenvalue weighted by molar-refractivity contribution is 7.82. The maximum Gasteiger partial charge on any atom is 0.341 e. The molecule has 0 saturated heterocycles. The summed E-state index contributed by atoms with van der Waals surface area (Å²) in [6, 6.07) is 2.20. The minimum atomic E-state index is -1.25. The Labute approximate surface area is 147 Å². The van der Waals surface area contributed by atoms with E-state index >= 15 is 0 Å². The lowest BCUT2D eigenvalue weighted by molar-refractivity contribution is 0.0697. The van der Waals surface area contributed by atoms with Crippen LogP contribution in [0.3, 0.4) is 0 Å². The minimum absolute atomic E-state index is 0.0260. The van der Waals surface area contributed by atoms with Crippen LogP contribution in [0.25, 0.3) is 0 Å². The predicted octanol–water partition coefficient (Wildman–Crippen LogP) is 3.53. The van der Waals surface area contributed by atoms with Crippen molar-refractivity contribution in [2.75, 3.05) is 23.8 Å². The molecule has 2 aromatic rings. The third-order valence-corrected chi connectivity index (χ3v) is 3.70. The highest BCUT2D eigenvalue weighted by Gasteiger charge is 2.23. The Morgan fingerprint density at radius 2 is 1.92 bits per heavy atom. The fraction of sp³-hybridized carbons (Fsp3) is 0.143. The number of urea groups is 1. The lowest BCUT2D eigenvalue weighted by Gasteiger charge is -2.17. The second kappa shape index (κ2) is 7.37. The van der Waals surface area contributed by atoms with Crippen molar-refractivity contribution in [2.24, 2.45) is 0 Å². The molecular formula is C14H13ClN2O6S. The summed E-state index contributed by atoms with van der Waals surface area (Å²) in [6.07, 6.45) is 2.09. The monoisotopic (exact) mass is 372 g/mol. The van der Waals surface area contributed by atoms with Crippen LogP contribution in [0, 0.1) is 0 Å². The molecule has 0 aliphatic carbocycles. The van der Waals surface area contributed by atoms with Gasteiger partial charge in [-0.3, -0.25) is 0 Å². The van der Waals surface area contributed by atoms with Gasteiger partial charge in [-0.2, -0.15) is 0 Å². The van der Waals surface area contributed by atoms with Gasteiger partial charge >= 0.3 is 12.0 Å². The molecule has 10 heteroatoms. The SMILES string of the molecule is COc1cc(OC)c(NC(=O)N(S)c2cocc2C(=O)O)cc1Cl. The zero-order valence-electron chi connectivity index (χ0n) is 12.6. The summed E-state index contributed by atoms with van der Waals surface area (Å²) < 4.78 is 15.8. The van der Waals surface area contributed by atoms with Gasteiger partial charge in [0.05, 0.1) is 24.9 Å². The van der Waals surface area contributed by atoms with Crippen molar-refractivity contribution in [3.63, 3.8) is 0 Å². The number of halogens is 1. The summed E-state index contributed by atoms with van der Waals surface area (Å²) in [5.74, 6) is -0.579. The zero-order chi connectivity index (χ0) is 17.9. The Balaban J connectivity index is 2.27. The van der Waals surface area contributed by atoms with Crippen LogP contribution in [-0.4, -0.2) is 31.3 Å². The number of aromatic carboxylic acids is 1. The average molecular weight is 373 g/mol. The molecule has 24 heavy (non-hydrogen) atoms. The Morgan fingerprint density at radius 1 is 1.25 bits per heavy atom. The normalized spacial score (nSPS) is 10.2. The Hall–Kier alpha value is -2.52. The first kappa shape index (κ1) is 17.8. The quantitative estimate of drug-likeness (QED) is 0.694. The number of hydrogen-bond donors (Lipinski definition) is 3. The van der Waals surface area contributed by atoms with E-state index in [1.54, 1.807) is 0 Å². The fourth-order valence-electron chi connectivity index (χ4n) is 1.85. The molecule has 128 valence electrons. The number of rotatable bonds is 5. The Bertz CT molecular complexity index is 779. The third kappa shape index (κ3) is 3.52. The van der Waals surface area contributed by atoms with Crippen molar-refractivity contribution < 1.29 is 28.6 Å². The molecule has 0 atom stereocenters. The topological polar surface area (TPSA) is 101 Å². The number of carbonyl (C=O) groups is 2. The van der Waals surface area contributed by atoms with E-state index in [0.29, 0.717) is 11.5 Å². The second-order valence-corrected chi connectivity index (χ2v) is 5.21. The number of thiol groups is 1. The number of anilines is 2. The van der Waals surface area contributed by atoms with Gasteiger partial charge in [-0.05, 0) is 6.07 Å². The molecule has 0 radical (unpaired) electrons. The zero-order valence-corrected chi connectivity index (χ0v) is 14.2. The van der Waals surface area contributed by atoms with Crippen molar-refractivity contribution in [3.8, 4) is 11.5 Å². The summed E-state index contributed by atoms with van der Waals surface area (Å²) in [4.78, 5) is 23.4. The summed E-state index contributed by atoms with van der Waals surface area (Å²) in [7, 11) is 2.86. The van der Waals surface area contributed by atoms with Gasteiger partial charge in [0, 0.05) is 6.07 Å². The van der Waals surface area contributed by atoms with Gasteiger partial charge in [0.1, 0.15) is 35.3 Å². The highest BCUT2D eigenvalue weighted by atomic mass is 35.5. The van der Waals surface area contributed by atoms with Crippen LogP contribution in [-0.2, 0) is 0 Å². The molecule has 0 spiro atoms. The van der Waals surface area contributed by atoms with Gasteiger partial charge in [0.15, 0.2) is 0 Å². The van der Waals surface area contributed by atoms with Gasteiger partial charge in [-0.1, -0.05) is 24.4 Å². The molecule has 8 nitrogen and oxygen atoms in total. The van der Waals surface area contributed by atoms with Crippen LogP contribution in [0.1, 0.15) is 10.4 Å². The second-order valence-electron chi connectivity index (χ2n) is 4.40. The molecule has 0 aliphatic rings. The van der Waals surface area contributed by atoms with E-state index < -0.39 is 12.0 Å². The molecule has 1 heterocycles. The summed E-state index contributed by atoms with van der Waals surface area (Å²) in [5, 5.41) is 11.8. The molecule has 1 aromatic carbocycles. The van der Waals surface area contributed by atoms with Crippen molar-refractivity contribution in [3.05, 3.63) is 35.2 Å². The van der Waals surface area contributed by atoms with Crippen LogP contribution in [0.4, 0.5) is 16.2 Å². The average Bonchev–Trinajstić information content (AvgIpc) is 3.04. The largest absolute Gasteiger partial charge is 0.495 e. The van der Waals surface area contributed by atoms with Crippen LogP contribution in [0.2, 0.25) is 5.02 Å². The standard InChI is InChI=1S/C14H13ClN2O6S/c1-21-11-4-12(22-2)9(3-8(11)15)16-14(20)17(24)10-6-23-5-7(10)13(18)19/h3-6,24H,1-2H3,(H,16,20)(H,18,19). The lowest BCUT2D eigenvalue weighted by atomic mass is 10.2. The molecule has 0 fully saturated rings. The van der Waals surface area contributed by atoms with E-state index in [4.69, 9.17) is 30.6 Å². The number of methoxy groups -OCH3 is 2. The molecule has 0 bridgehead atoms. The van der Waals surface area contributed by atoms with E-state index in [0.717, 1.165) is 16.8 Å². The molecule has 2 N–H and O–H groups in total. The van der Waals surface area contributed by atoms with Gasteiger partial charge in [0.2, 0.25) is 0 Å². The maximum atomic E-state index is 12.3. The molecule has 1 aromatic heterocycles. The van der Waals surface area contributed by atoms with Crippen molar-refractivity contribution >= 4 is 47.8 Å². The summed E-state index contributed by atoms with van der Waals surface area (Å²) in [5.41, 5.74) is 0.0227. The first-order chi connectivity index (χ1) is 11.4. The number of carbonyl (C=O) groups excluding carboxylic acids is 1. The number of benzene rings is 1. The number of carboxylic acid groups (broad SMARTS) is 1. The first-order valence-corrected chi connectivity index (χ1v) is 7.17. The van der Waals surface area contributed by atoms with E-state index in [1.165, 1.54) is 26.4 Å². The van der Waals surface area contributed by atoms with E-state index in [1.807, 2.05) is 0 Å². The van der Waals surface area contributed by atoms with Crippen molar-refractivity contribution in [1.29, 1.82) is 0 Å². The van der Waals surface area contributed by atoms with Crippen LogP contribution < -0.4 is 19.1 Å². The molecule has 2 amide bonds. The van der Waals surface area contributed by atoms with Crippen molar-refractivity contribution in [2.45, 2.75) is 0 Å². The predicted molar refractivity (Wildman–Crippen MR) is 90.7 cm³/mol. The van der Waals surface area contributed by atoms with E-state index in [9.17, 15) is 9.59 Å². The first-order valence-electron chi connectivity index (χ1n) is 6.40. The van der Waals surface area contributed by atoms with E-state index in [-0.39, 0.29) is 22.0 Å². The van der Waals surface area contributed by atoms with E-state index in [2.05, 4.69) is 18.1 Å². The Kier molecular flexibility index (Phi) is 5.47. The molecule has 0 aliphatic heterocycles. The third-order valence-electron chi connectivity index (χ3n) is 3.01. The fourth-order valence-corrected chi connectivity index (χ4v) is 2.30. The smallest absolute Gasteiger partial charge is 0.341 e. The van der Waals surface area contributed by atoms with Crippen LogP contribution in [0.5, 0.6) is 11.5 Å². The number of furan rings is 1. The van der Waals surface area contributed by atoms with Gasteiger partial charge < -0.3 is 24.3 Å². The Morgan fingerprint density at radius 3 is 2.50 bits per heavy atom. The summed E-state index contributed by atoms with van der Waals surface area (Å²) in [6.45, 7) is 0. The van der Waals surface area contributed by atoms with Gasteiger partial charge in [-0.25, -0.2) is 13.9 Å². The number of nitrogens with zero attached hydrogens (tertiary/aromatic N) is 1. The number of amides is 2. The van der Waals surface area contributed by atoms with Crippen molar-refractivity contribution in [1.82, 2.24) is 0 Å². The molecule has 0 unspecified atom stereocenters. The highest BCUT2D eigenvalue weighted by Crippen LogP contribution is 2.36. The number of ether oxygens (including phenoxy) is 2. The lowest BCUT2D eigenvalue weighted by Crippen LogP contribution is -2.27. The number of nitrogens with one attached hydrogen (secondary N) is 1. The van der Waals surface area contributed by atoms with Crippen LogP contribution in [0.15, 0.2) is 29.1 Å². The van der Waals surface area contributed by atoms with Gasteiger partial charge in [0.25, 0.3) is 0 Å². The number of carboxylic acids is 1. The van der Waals surface area contributed by atoms with Gasteiger partial charge in [-0.15, -0.1) is 0 Å². The molecule has 0 saturated carbocycles. The van der Waals surface area contributed by atoms with Crippen LogP contribution >= 0.6 is 24.4 Å². The minimum Gasteiger partial charge on any atom is -0.495 e. The maximum absolute atomic E-state index is 12.3. The summed E-state index contributed by atoms with van der Waals surface area (Å²) >= 11 is 10.0. The molecule has 2 rings (SSSR count). The number of hydrogen-bond acceptors (Lipinski definition) is 6.